The van der Waals surface area contributed by atoms with Gasteiger partial charge < -0.3 is 4.74 Å². The van der Waals surface area contributed by atoms with Gasteiger partial charge in [0, 0.05) is 5.56 Å². The van der Waals surface area contributed by atoms with Gasteiger partial charge in [-0.15, -0.1) is 19.8 Å². The highest BCUT2D eigenvalue weighted by atomic mass is 19.4. The minimum atomic E-state index is -4.78. The Morgan fingerprint density at radius 3 is 2.42 bits per heavy atom. The molecule has 0 aliphatic carbocycles. The SMILES string of the molecule is C=C[C@](C)(C(C)OC(F)(F)F)n1cnc(-c2ccc(C(=O)OC)cc2)n1. The second kappa shape index (κ2) is 7.28. The number of hydrogen-bond acceptors (Lipinski definition) is 5. The summed E-state index contributed by atoms with van der Waals surface area (Å²) in [4.78, 5) is 15.6. The molecular weight excluding hydrogens is 351 g/mol. The Balaban J connectivity index is 2.29. The maximum absolute atomic E-state index is 12.6. The average Bonchev–Trinajstić information content (AvgIpc) is 3.09. The molecule has 0 N–H and O–H groups in total. The Bertz CT molecular complexity index is 787. The molecule has 1 aromatic carbocycles. The highest BCUT2D eigenvalue weighted by Crippen LogP contribution is 2.30. The maximum Gasteiger partial charge on any atom is 0.522 e. The van der Waals surface area contributed by atoms with Gasteiger partial charge in [0.2, 0.25) is 0 Å². The lowest BCUT2D eigenvalue weighted by atomic mass is 9.96. The molecule has 2 rings (SSSR count). The van der Waals surface area contributed by atoms with Gasteiger partial charge in [-0.25, -0.2) is 14.5 Å². The normalized spacial score (nSPS) is 15.2. The van der Waals surface area contributed by atoms with E-state index in [9.17, 15) is 18.0 Å². The molecule has 1 aromatic heterocycles. The zero-order valence-corrected chi connectivity index (χ0v) is 14.4. The molecule has 0 aliphatic rings. The van der Waals surface area contributed by atoms with Crippen LogP contribution in [-0.4, -0.2) is 40.3 Å². The van der Waals surface area contributed by atoms with Crippen LogP contribution >= 0.6 is 0 Å². The number of alkyl halides is 3. The monoisotopic (exact) mass is 369 g/mol. The fraction of sp³-hybridized carbons (Fsp3) is 0.353. The van der Waals surface area contributed by atoms with E-state index in [4.69, 9.17) is 0 Å². The highest BCUT2D eigenvalue weighted by molar-refractivity contribution is 5.89. The van der Waals surface area contributed by atoms with E-state index >= 15 is 0 Å². The first kappa shape index (κ1) is 19.6. The molecule has 0 spiro atoms. The number of methoxy groups -OCH3 is 1. The van der Waals surface area contributed by atoms with Crippen molar-refractivity contribution in [3.8, 4) is 11.4 Å². The van der Waals surface area contributed by atoms with Crippen molar-refractivity contribution >= 4 is 5.97 Å². The Hall–Kier alpha value is -2.68. The van der Waals surface area contributed by atoms with Gasteiger partial charge >= 0.3 is 12.3 Å². The summed E-state index contributed by atoms with van der Waals surface area (Å²) in [7, 11) is 1.28. The van der Waals surface area contributed by atoms with Crippen molar-refractivity contribution in [3.05, 3.63) is 48.8 Å². The average molecular weight is 369 g/mol. The van der Waals surface area contributed by atoms with Gasteiger partial charge in [-0.1, -0.05) is 18.2 Å². The quantitative estimate of drug-likeness (QED) is 0.575. The summed E-state index contributed by atoms with van der Waals surface area (Å²) in [6.07, 6.45) is -3.43. The van der Waals surface area contributed by atoms with Gasteiger partial charge in [0.25, 0.3) is 0 Å². The molecule has 0 fully saturated rings. The Morgan fingerprint density at radius 1 is 1.31 bits per heavy atom. The molecule has 0 radical (unpaired) electrons. The van der Waals surface area contributed by atoms with E-state index in [2.05, 4.69) is 26.1 Å². The van der Waals surface area contributed by atoms with E-state index in [1.165, 1.54) is 38.0 Å². The molecule has 26 heavy (non-hydrogen) atoms. The van der Waals surface area contributed by atoms with E-state index in [1.807, 2.05) is 0 Å². The van der Waals surface area contributed by atoms with Crippen molar-refractivity contribution < 1.29 is 27.4 Å². The van der Waals surface area contributed by atoms with Crippen molar-refractivity contribution in [1.29, 1.82) is 0 Å². The number of benzene rings is 1. The molecule has 0 bridgehead atoms. The number of nitrogens with zero attached hydrogens (tertiary/aromatic N) is 3. The molecule has 1 unspecified atom stereocenters. The fourth-order valence-electron chi connectivity index (χ4n) is 2.27. The van der Waals surface area contributed by atoms with Crippen LogP contribution in [0.1, 0.15) is 24.2 Å². The van der Waals surface area contributed by atoms with E-state index < -0.39 is 24.0 Å². The summed E-state index contributed by atoms with van der Waals surface area (Å²) < 4.78 is 47.6. The third-order valence-electron chi connectivity index (χ3n) is 4.10. The van der Waals surface area contributed by atoms with Gasteiger partial charge in [-0.3, -0.25) is 4.74 Å². The van der Waals surface area contributed by atoms with E-state index in [0.29, 0.717) is 11.1 Å². The smallest absolute Gasteiger partial charge is 0.465 e. The van der Waals surface area contributed by atoms with Crippen molar-refractivity contribution in [2.24, 2.45) is 0 Å². The first-order chi connectivity index (χ1) is 12.1. The zero-order chi connectivity index (χ0) is 19.5. The van der Waals surface area contributed by atoms with Crippen LogP contribution in [0.5, 0.6) is 0 Å². The molecule has 0 aliphatic heterocycles. The van der Waals surface area contributed by atoms with E-state index in [1.54, 1.807) is 24.3 Å². The topological polar surface area (TPSA) is 66.2 Å². The molecule has 1 heterocycles. The molecule has 0 saturated carbocycles. The first-order valence-corrected chi connectivity index (χ1v) is 7.59. The van der Waals surface area contributed by atoms with Crippen LogP contribution in [0.4, 0.5) is 13.2 Å². The largest absolute Gasteiger partial charge is 0.522 e. The number of carbonyl (C=O) groups excluding carboxylic acids is 1. The number of hydrogen-bond donors (Lipinski definition) is 0. The van der Waals surface area contributed by atoms with Crippen LogP contribution < -0.4 is 0 Å². The van der Waals surface area contributed by atoms with Crippen LogP contribution in [-0.2, 0) is 15.0 Å². The number of carbonyl (C=O) groups is 1. The predicted molar refractivity (Wildman–Crippen MR) is 87.2 cm³/mol. The molecule has 6 nitrogen and oxygen atoms in total. The van der Waals surface area contributed by atoms with Crippen LogP contribution in [0.2, 0.25) is 0 Å². The van der Waals surface area contributed by atoms with Gasteiger partial charge in [-0.05, 0) is 26.0 Å². The second-order valence-corrected chi connectivity index (χ2v) is 5.72. The van der Waals surface area contributed by atoms with Gasteiger partial charge in [0.05, 0.1) is 18.8 Å². The summed E-state index contributed by atoms with van der Waals surface area (Å²) >= 11 is 0. The standard InChI is InChI=1S/C17H18F3N3O3/c1-5-16(3,11(2)26-17(18,19)20)23-10-21-14(22-23)12-6-8-13(9-7-12)15(24)25-4/h5-11H,1H2,2-4H3/t11?,16-/m1/s1. The lowest BCUT2D eigenvalue weighted by Crippen LogP contribution is -2.43. The molecule has 2 aromatic rings. The highest BCUT2D eigenvalue weighted by Gasteiger charge is 2.41. The molecule has 0 saturated heterocycles. The first-order valence-electron chi connectivity index (χ1n) is 7.59. The Kier molecular flexibility index (Phi) is 5.50. The van der Waals surface area contributed by atoms with Crippen LogP contribution in [0, 0.1) is 0 Å². The molecular formula is C17H18F3N3O3. The summed E-state index contributed by atoms with van der Waals surface area (Å²) in [5, 5.41) is 4.24. The summed E-state index contributed by atoms with van der Waals surface area (Å²) in [5.41, 5.74) is -0.321. The summed E-state index contributed by atoms with van der Waals surface area (Å²) in [5.74, 6) is -0.193. The Labute approximate surface area is 148 Å². The molecule has 2 atom stereocenters. The minimum Gasteiger partial charge on any atom is -0.465 e. The van der Waals surface area contributed by atoms with Crippen molar-refractivity contribution in [2.75, 3.05) is 7.11 Å². The zero-order valence-electron chi connectivity index (χ0n) is 14.4. The summed E-state index contributed by atoms with van der Waals surface area (Å²) in [6, 6.07) is 6.33. The number of rotatable bonds is 6. The Morgan fingerprint density at radius 2 is 1.92 bits per heavy atom. The lowest BCUT2D eigenvalue weighted by molar-refractivity contribution is -0.348. The fourth-order valence-corrected chi connectivity index (χ4v) is 2.27. The third-order valence-corrected chi connectivity index (χ3v) is 4.10. The molecule has 0 amide bonds. The third kappa shape index (κ3) is 4.10. The number of halogens is 3. The molecule has 9 heteroatoms. The molecule has 140 valence electrons. The summed E-state index contributed by atoms with van der Waals surface area (Å²) in [6.45, 7) is 6.38. The van der Waals surface area contributed by atoms with Crippen molar-refractivity contribution in [2.45, 2.75) is 31.9 Å². The predicted octanol–water partition coefficient (Wildman–Crippen LogP) is 3.56. The van der Waals surface area contributed by atoms with E-state index in [0.717, 1.165) is 0 Å². The van der Waals surface area contributed by atoms with Crippen LogP contribution in [0.25, 0.3) is 11.4 Å². The maximum atomic E-state index is 12.6. The van der Waals surface area contributed by atoms with E-state index in [-0.39, 0.29) is 5.82 Å². The minimum absolute atomic E-state index is 0.286. The number of esters is 1. The van der Waals surface area contributed by atoms with Crippen LogP contribution in [0.15, 0.2) is 43.2 Å². The van der Waals surface area contributed by atoms with Crippen molar-refractivity contribution in [1.82, 2.24) is 14.8 Å². The lowest BCUT2D eigenvalue weighted by Gasteiger charge is -2.32. The second-order valence-electron chi connectivity index (χ2n) is 5.72. The number of aromatic nitrogens is 3. The van der Waals surface area contributed by atoms with Gasteiger partial charge in [0.1, 0.15) is 11.9 Å². The van der Waals surface area contributed by atoms with Crippen molar-refractivity contribution in [3.63, 3.8) is 0 Å². The van der Waals surface area contributed by atoms with Crippen LogP contribution in [0.3, 0.4) is 0 Å². The number of ether oxygens (including phenoxy) is 2. The van der Waals surface area contributed by atoms with Gasteiger partial charge in [0.15, 0.2) is 5.82 Å². The van der Waals surface area contributed by atoms with Gasteiger partial charge in [-0.2, -0.15) is 5.10 Å².